The summed E-state index contributed by atoms with van der Waals surface area (Å²) < 4.78 is 39.2. The minimum absolute atomic E-state index is 0.397. The predicted molar refractivity (Wildman–Crippen MR) is 81.3 cm³/mol. The van der Waals surface area contributed by atoms with Crippen molar-refractivity contribution < 1.29 is 27.9 Å². The maximum Gasteiger partial charge on any atom is 0.394 e. The number of alkyl halides is 3. The van der Waals surface area contributed by atoms with Crippen molar-refractivity contribution in [1.29, 1.82) is 0 Å². The molecule has 2 rings (SSSR count). The van der Waals surface area contributed by atoms with Crippen LogP contribution < -0.4 is 0 Å². The van der Waals surface area contributed by atoms with E-state index in [4.69, 9.17) is 5.11 Å². The average Bonchev–Trinajstić information content (AvgIpc) is 2.98. The van der Waals surface area contributed by atoms with Gasteiger partial charge >= 0.3 is 12.1 Å². The lowest BCUT2D eigenvalue weighted by atomic mass is 9.93. The number of benzene rings is 1. The molecule has 132 valence electrons. The molecule has 1 aromatic rings. The number of hydrogen-bond acceptors (Lipinski definition) is 2. The molecule has 0 radical (unpaired) electrons. The number of carbonyl (C=O) groups excluding carboxylic acids is 1. The van der Waals surface area contributed by atoms with Crippen LogP contribution in [0.3, 0.4) is 0 Å². The minimum Gasteiger partial charge on any atom is -0.481 e. The molecule has 4 nitrogen and oxygen atoms in total. The summed E-state index contributed by atoms with van der Waals surface area (Å²) in [4.78, 5) is 25.0. The number of hydrogen-bond donors (Lipinski definition) is 1. The molecule has 1 saturated heterocycles. The maximum atomic E-state index is 13.1. The van der Waals surface area contributed by atoms with E-state index < -0.39 is 48.9 Å². The second-order valence-corrected chi connectivity index (χ2v) is 6.09. The van der Waals surface area contributed by atoms with Crippen molar-refractivity contribution in [3.8, 4) is 0 Å². The molecule has 1 N–H and O–H groups in total. The Hall–Kier alpha value is -2.05. The van der Waals surface area contributed by atoms with Gasteiger partial charge in [0.2, 0.25) is 5.91 Å². The van der Waals surface area contributed by atoms with E-state index in [2.05, 4.69) is 0 Å². The molecular formula is C17H20F3NO3. The number of nitrogens with zero attached hydrogens (tertiary/aromatic N) is 1. The first-order valence-electron chi connectivity index (χ1n) is 7.89. The highest BCUT2D eigenvalue weighted by Crippen LogP contribution is 2.39. The zero-order valence-corrected chi connectivity index (χ0v) is 13.3. The number of amides is 1. The van der Waals surface area contributed by atoms with Crippen LogP contribution in [0.4, 0.5) is 13.2 Å². The van der Waals surface area contributed by atoms with Crippen LogP contribution in [0.1, 0.15) is 31.2 Å². The van der Waals surface area contributed by atoms with Crippen molar-refractivity contribution in [3.63, 3.8) is 0 Å². The molecule has 1 aromatic carbocycles. The summed E-state index contributed by atoms with van der Waals surface area (Å²) in [5.74, 6) is -6.11. The Morgan fingerprint density at radius 3 is 2.33 bits per heavy atom. The number of halogens is 3. The zero-order chi connectivity index (χ0) is 17.9. The highest BCUT2D eigenvalue weighted by molar-refractivity contribution is 5.85. The maximum absolute atomic E-state index is 13.1. The van der Waals surface area contributed by atoms with E-state index >= 15 is 0 Å². The van der Waals surface area contributed by atoms with Crippen molar-refractivity contribution in [3.05, 3.63) is 35.9 Å². The van der Waals surface area contributed by atoms with Gasteiger partial charge in [-0.3, -0.25) is 9.59 Å². The van der Waals surface area contributed by atoms with Crippen molar-refractivity contribution >= 4 is 11.9 Å². The summed E-state index contributed by atoms with van der Waals surface area (Å²) in [5, 5.41) is 9.07. The summed E-state index contributed by atoms with van der Waals surface area (Å²) in [5.41, 5.74) is 0.742. The number of likely N-dealkylation sites (tertiary alicyclic amines) is 1. The second-order valence-electron chi connectivity index (χ2n) is 6.09. The Labute approximate surface area is 138 Å². The van der Waals surface area contributed by atoms with E-state index in [0.29, 0.717) is 12.8 Å². The van der Waals surface area contributed by atoms with Crippen molar-refractivity contribution in [2.75, 3.05) is 13.1 Å². The number of carboxylic acids is 1. The molecule has 0 saturated carbocycles. The molecular weight excluding hydrogens is 323 g/mol. The zero-order valence-electron chi connectivity index (χ0n) is 13.3. The molecule has 0 aromatic heterocycles. The molecule has 0 spiro atoms. The van der Waals surface area contributed by atoms with Gasteiger partial charge in [0, 0.05) is 13.1 Å². The van der Waals surface area contributed by atoms with E-state index in [1.807, 2.05) is 6.92 Å². The Balaban J connectivity index is 2.23. The molecule has 1 fully saturated rings. The van der Waals surface area contributed by atoms with Crippen LogP contribution in [0.15, 0.2) is 30.3 Å². The SMILES string of the molecule is CCCC(C(=O)N1C[C@@H](C(F)(F)F)[C@H](C(=O)O)C1)c1ccccc1. The van der Waals surface area contributed by atoms with Gasteiger partial charge in [0.25, 0.3) is 0 Å². The first-order chi connectivity index (χ1) is 11.3. The largest absolute Gasteiger partial charge is 0.481 e. The third-order valence-corrected chi connectivity index (χ3v) is 4.45. The van der Waals surface area contributed by atoms with Gasteiger partial charge in [0.05, 0.1) is 17.8 Å². The summed E-state index contributed by atoms with van der Waals surface area (Å²) in [6.45, 7) is 0.906. The van der Waals surface area contributed by atoms with Crippen molar-refractivity contribution in [1.82, 2.24) is 4.90 Å². The molecule has 1 aliphatic heterocycles. The standard InChI is InChI=1S/C17H20F3NO3/c1-2-6-12(11-7-4-3-5-8-11)15(22)21-9-13(16(23)24)14(10-21)17(18,19)20/h3-5,7-8,12-14H,2,6,9-10H2,1H3,(H,23,24)/t12?,13-,14-/m1/s1. The summed E-state index contributed by atoms with van der Waals surface area (Å²) in [6.07, 6.45) is -3.43. The Kier molecular flexibility index (Phi) is 5.51. The van der Waals surface area contributed by atoms with Crippen molar-refractivity contribution in [2.45, 2.75) is 31.9 Å². The number of aliphatic carboxylic acids is 1. The fraction of sp³-hybridized carbons (Fsp3) is 0.529. The number of carbonyl (C=O) groups is 2. The van der Waals surface area contributed by atoms with E-state index in [0.717, 1.165) is 10.5 Å². The highest BCUT2D eigenvalue weighted by Gasteiger charge is 2.53. The minimum atomic E-state index is -4.63. The van der Waals surface area contributed by atoms with Gasteiger partial charge in [-0.25, -0.2) is 0 Å². The third kappa shape index (κ3) is 3.88. The van der Waals surface area contributed by atoms with E-state index in [1.165, 1.54) is 0 Å². The molecule has 0 aliphatic carbocycles. The van der Waals surface area contributed by atoms with Crippen LogP contribution in [0, 0.1) is 11.8 Å². The Morgan fingerprint density at radius 2 is 1.88 bits per heavy atom. The van der Waals surface area contributed by atoms with Crippen LogP contribution in [-0.4, -0.2) is 41.1 Å². The fourth-order valence-electron chi connectivity index (χ4n) is 3.19. The second kappa shape index (κ2) is 7.23. The average molecular weight is 343 g/mol. The van der Waals surface area contributed by atoms with Gasteiger partial charge in [0.15, 0.2) is 0 Å². The topological polar surface area (TPSA) is 57.6 Å². The molecule has 1 amide bonds. The fourth-order valence-corrected chi connectivity index (χ4v) is 3.19. The van der Waals surface area contributed by atoms with Crippen LogP contribution in [0.2, 0.25) is 0 Å². The smallest absolute Gasteiger partial charge is 0.394 e. The summed E-state index contributed by atoms with van der Waals surface area (Å²) in [7, 11) is 0. The normalized spacial score (nSPS) is 22.4. The van der Waals surface area contributed by atoms with Crippen LogP contribution >= 0.6 is 0 Å². The lowest BCUT2D eigenvalue weighted by Gasteiger charge is -2.24. The van der Waals surface area contributed by atoms with E-state index in [9.17, 15) is 22.8 Å². The monoisotopic (exact) mass is 343 g/mol. The van der Waals surface area contributed by atoms with Crippen LogP contribution in [0.5, 0.6) is 0 Å². The lowest BCUT2D eigenvalue weighted by Crippen LogP contribution is -2.35. The van der Waals surface area contributed by atoms with Crippen LogP contribution in [0.25, 0.3) is 0 Å². The van der Waals surface area contributed by atoms with Gasteiger partial charge in [0.1, 0.15) is 0 Å². The van der Waals surface area contributed by atoms with E-state index in [1.54, 1.807) is 30.3 Å². The Morgan fingerprint density at radius 1 is 1.25 bits per heavy atom. The molecule has 0 bridgehead atoms. The first-order valence-corrected chi connectivity index (χ1v) is 7.89. The van der Waals surface area contributed by atoms with Gasteiger partial charge in [-0.05, 0) is 12.0 Å². The Bertz CT molecular complexity index is 588. The van der Waals surface area contributed by atoms with Gasteiger partial charge in [-0.1, -0.05) is 43.7 Å². The summed E-state index contributed by atoms with van der Waals surface area (Å²) in [6, 6.07) is 8.88. The number of rotatable bonds is 5. The molecule has 1 unspecified atom stereocenters. The molecule has 24 heavy (non-hydrogen) atoms. The quantitative estimate of drug-likeness (QED) is 0.892. The molecule has 3 atom stereocenters. The molecule has 7 heteroatoms. The predicted octanol–water partition coefficient (Wildman–Crippen LogP) is 3.29. The van der Waals surface area contributed by atoms with Gasteiger partial charge in [-0.2, -0.15) is 13.2 Å². The third-order valence-electron chi connectivity index (χ3n) is 4.45. The van der Waals surface area contributed by atoms with Gasteiger partial charge in [-0.15, -0.1) is 0 Å². The van der Waals surface area contributed by atoms with Crippen LogP contribution in [-0.2, 0) is 9.59 Å². The number of carboxylic acid groups (broad SMARTS) is 1. The lowest BCUT2D eigenvalue weighted by molar-refractivity contribution is -0.188. The molecule has 1 aliphatic rings. The van der Waals surface area contributed by atoms with Crippen molar-refractivity contribution in [2.24, 2.45) is 11.8 Å². The highest BCUT2D eigenvalue weighted by atomic mass is 19.4. The van der Waals surface area contributed by atoms with Gasteiger partial charge < -0.3 is 10.0 Å². The van der Waals surface area contributed by atoms with E-state index in [-0.39, 0.29) is 0 Å². The summed E-state index contributed by atoms with van der Waals surface area (Å²) >= 11 is 0. The first kappa shape index (κ1) is 18.3. The molecule has 1 heterocycles.